The van der Waals surface area contributed by atoms with Gasteiger partial charge in [0.25, 0.3) is 5.97 Å². The number of ketones is 1. The zero-order valence-corrected chi connectivity index (χ0v) is 49.0. The van der Waals surface area contributed by atoms with Crippen LogP contribution in [-0.4, -0.2) is 170 Å². The number of aliphatic carboxylic acids is 2. The van der Waals surface area contributed by atoms with Crippen LogP contribution in [0.25, 0.3) is 0 Å². The van der Waals surface area contributed by atoms with E-state index >= 15 is 0 Å². The van der Waals surface area contributed by atoms with Crippen molar-refractivity contribution in [3.8, 4) is 0 Å². The minimum absolute atomic E-state index is 0.0936. The van der Waals surface area contributed by atoms with Gasteiger partial charge in [-0.15, -0.1) is 0 Å². The average molecular weight is 1080 g/mol. The molecule has 0 spiro atoms. The minimum atomic E-state index is -1.99. The number of cyclic esters (lactones) is 1. The lowest BCUT2D eigenvalue weighted by atomic mass is 9.74. The van der Waals surface area contributed by atoms with Crippen LogP contribution in [0.15, 0.2) is 0 Å². The van der Waals surface area contributed by atoms with Gasteiger partial charge in [-0.25, -0.2) is 0 Å². The number of hydrogen-bond donors (Lipinski definition) is 7. The van der Waals surface area contributed by atoms with Gasteiger partial charge in [-0.05, 0) is 81.3 Å². The number of carbonyl (C=O) groups excluding carboxylic acids is 2. The number of carboxylic acids is 2. The topological polar surface area (TPSA) is 269 Å². The van der Waals surface area contributed by atoms with Gasteiger partial charge in [0.2, 0.25) is 0 Å². The predicted octanol–water partition coefficient (Wildman–Crippen LogP) is 8.21. The van der Waals surface area contributed by atoms with Crippen molar-refractivity contribution in [1.29, 1.82) is 0 Å². The summed E-state index contributed by atoms with van der Waals surface area (Å²) < 4.78 is 37.1. The molecule has 0 aromatic rings. The van der Waals surface area contributed by atoms with Crippen LogP contribution in [-0.2, 0) is 47.6 Å². The van der Waals surface area contributed by atoms with Crippen molar-refractivity contribution in [3.05, 3.63) is 0 Å². The lowest BCUT2D eigenvalue weighted by Crippen LogP contribution is -2.61. The molecule has 0 amide bonds. The van der Waals surface area contributed by atoms with Gasteiger partial charge in [0, 0.05) is 50.7 Å². The van der Waals surface area contributed by atoms with Crippen LogP contribution in [0.4, 0.5) is 0 Å². The molecular formula is C57H107NO17. The highest BCUT2D eigenvalue weighted by Crippen LogP contribution is 2.41. The Labute approximate surface area is 451 Å². The molecule has 7 N–H and O–H groups in total. The van der Waals surface area contributed by atoms with Crippen LogP contribution in [0, 0.1) is 23.7 Å². The molecule has 442 valence electrons. The van der Waals surface area contributed by atoms with E-state index in [1.807, 2.05) is 25.9 Å². The number of methoxy groups -OCH3 is 1. The monoisotopic (exact) mass is 1080 g/mol. The number of esters is 1. The molecule has 3 aliphatic heterocycles. The van der Waals surface area contributed by atoms with E-state index in [4.69, 9.17) is 43.4 Å². The van der Waals surface area contributed by atoms with E-state index in [0.717, 1.165) is 19.8 Å². The number of likely N-dealkylation sites (N-methyl/N-ethyl adjacent to an activating group) is 1. The maximum atomic E-state index is 14.1. The normalized spacial score (nSPS) is 37.1. The smallest absolute Gasteiger partial charge is 0.311 e. The first-order valence-corrected chi connectivity index (χ1v) is 28.4. The fourth-order valence-electron chi connectivity index (χ4n) is 11.1. The molecule has 0 unspecified atom stereocenters. The number of carbonyl (C=O) groups is 4. The summed E-state index contributed by atoms with van der Waals surface area (Å²) in [6.07, 6.45) is 10.5. The Morgan fingerprint density at radius 2 is 1.21 bits per heavy atom. The molecule has 3 fully saturated rings. The predicted molar refractivity (Wildman–Crippen MR) is 287 cm³/mol. The van der Waals surface area contributed by atoms with E-state index < -0.39 is 119 Å². The van der Waals surface area contributed by atoms with Gasteiger partial charge in [-0.1, -0.05) is 125 Å². The second-order valence-corrected chi connectivity index (χ2v) is 23.1. The maximum Gasteiger partial charge on any atom is 0.311 e. The number of aliphatic hydroxyl groups is 5. The molecular weight excluding hydrogens is 971 g/mol. The molecule has 18 heteroatoms. The van der Waals surface area contributed by atoms with Crippen molar-refractivity contribution in [2.45, 2.75) is 296 Å². The lowest BCUT2D eigenvalue weighted by Gasteiger charge is -2.49. The van der Waals surface area contributed by atoms with Crippen molar-refractivity contribution in [2.24, 2.45) is 23.7 Å². The Morgan fingerprint density at radius 1 is 0.720 bits per heavy atom. The van der Waals surface area contributed by atoms with E-state index in [9.17, 15) is 39.9 Å². The Bertz CT molecular complexity index is 1630. The summed E-state index contributed by atoms with van der Waals surface area (Å²) in [6, 6.07) is -0.324. The van der Waals surface area contributed by atoms with Crippen molar-refractivity contribution in [2.75, 3.05) is 21.2 Å². The average Bonchev–Trinajstić information content (AvgIpc) is 3.33. The van der Waals surface area contributed by atoms with E-state index in [1.165, 1.54) is 111 Å². The number of unbranched alkanes of at least 4 members (excludes halogenated alkanes) is 14. The second kappa shape index (κ2) is 34.6. The molecule has 3 rings (SSSR count). The number of rotatable bonds is 23. The zero-order chi connectivity index (χ0) is 57.4. The second-order valence-electron chi connectivity index (χ2n) is 23.1. The van der Waals surface area contributed by atoms with Gasteiger partial charge < -0.3 is 69.1 Å². The quantitative estimate of drug-likeness (QED) is 0.0375. The molecule has 75 heavy (non-hydrogen) atoms. The van der Waals surface area contributed by atoms with Gasteiger partial charge in [-0.3, -0.25) is 19.2 Å². The minimum Gasteiger partial charge on any atom is -0.481 e. The van der Waals surface area contributed by atoms with Crippen LogP contribution in [0.5, 0.6) is 0 Å². The number of nitrogens with zero attached hydrogens (tertiary/aromatic N) is 1. The maximum absolute atomic E-state index is 14.1. The first-order valence-electron chi connectivity index (χ1n) is 28.4. The van der Waals surface area contributed by atoms with Crippen LogP contribution >= 0.6 is 0 Å². The Hall–Kier alpha value is -2.36. The fraction of sp³-hybridized carbons (Fsp3) is 0.930. The number of carboxylic acid groups (broad SMARTS) is 2. The van der Waals surface area contributed by atoms with Crippen molar-refractivity contribution in [1.82, 2.24) is 4.90 Å². The third-order valence-corrected chi connectivity index (χ3v) is 15.8. The first kappa shape index (κ1) is 70.7. The van der Waals surface area contributed by atoms with Gasteiger partial charge in [0.05, 0.1) is 47.6 Å². The summed E-state index contributed by atoms with van der Waals surface area (Å²) >= 11 is 0. The summed E-state index contributed by atoms with van der Waals surface area (Å²) in [6.45, 7) is 19.7. The third kappa shape index (κ3) is 23.5. The largest absolute Gasteiger partial charge is 0.481 e. The molecule has 3 aliphatic rings. The fourth-order valence-corrected chi connectivity index (χ4v) is 11.1. The van der Waals surface area contributed by atoms with Crippen molar-refractivity contribution >= 4 is 23.7 Å². The van der Waals surface area contributed by atoms with E-state index in [0.29, 0.717) is 12.8 Å². The molecule has 0 saturated carbocycles. The molecule has 0 radical (unpaired) electrons. The Kier molecular flexibility index (Phi) is 32.6. The Morgan fingerprint density at radius 3 is 1.67 bits per heavy atom. The van der Waals surface area contributed by atoms with Crippen molar-refractivity contribution in [3.63, 3.8) is 0 Å². The van der Waals surface area contributed by atoms with E-state index in [-0.39, 0.29) is 31.4 Å². The standard InChI is InChI=1S/C37H67NO13.C18H36O2.C2H4O2/c1-14-25-37(10,45)30(41)20(4)27(39)18(2)16-35(8,44)32(51-34-28(40)24(38(11)12)15-19(3)47-34)21(5)29(22(6)33(43)49-25)50-26-17-36(9,46-13)31(42)23(7)48-26;1-2-3-4-5-6-7-8-9-10-11-12-13-14-15-16-17-18(19)20;1-2(3)4/h18-26,28-32,34,40-42,44-45H,14-17H2,1-13H3;2-17H2,1H3,(H,19,20);1H3,(H,3,4)/t18-,19-,20+,21+,22-,23+,24+,25-,26+,28-,29+,30-,31+,32-,34+,35-,36-,37-;;/m1../s1. The molecule has 0 aromatic heterocycles. The highest BCUT2D eigenvalue weighted by atomic mass is 16.7. The number of hydrogen-bond acceptors (Lipinski definition) is 16. The molecule has 3 heterocycles. The molecule has 18 nitrogen and oxygen atoms in total. The number of ether oxygens (including phenoxy) is 6. The summed E-state index contributed by atoms with van der Waals surface area (Å²) in [5.41, 5.74) is -4.84. The van der Waals surface area contributed by atoms with Gasteiger partial charge >= 0.3 is 11.9 Å². The third-order valence-electron chi connectivity index (χ3n) is 15.8. The summed E-state index contributed by atoms with van der Waals surface area (Å²) in [7, 11) is 5.18. The van der Waals surface area contributed by atoms with Gasteiger partial charge in [0.1, 0.15) is 29.7 Å². The van der Waals surface area contributed by atoms with Gasteiger partial charge in [-0.2, -0.15) is 0 Å². The molecule has 3 saturated heterocycles. The zero-order valence-electron chi connectivity index (χ0n) is 49.0. The van der Waals surface area contributed by atoms with Crippen LogP contribution in [0.2, 0.25) is 0 Å². The number of Topliss-reactive ketones (excluding diaryl/α,β-unsaturated/α-hetero) is 1. The van der Waals surface area contributed by atoms with E-state index in [2.05, 4.69) is 6.92 Å². The van der Waals surface area contributed by atoms with Crippen LogP contribution < -0.4 is 0 Å². The Balaban J connectivity index is 0.000000974. The first-order chi connectivity index (χ1) is 34.9. The summed E-state index contributed by atoms with van der Waals surface area (Å²) in [5.74, 6) is -6.46. The SMILES string of the molecule is CC(=O)O.CCCCCCCCCCCCCCCCCC(=O)O.CC[C@H]1OC(=O)[C@H](C)[C@@H](O[C@H]2C[C@@](C)(OC)[C@@H](O)[C@H](C)O2)[C@H](C)[C@@H](O[C@@H]2O[C@H](C)C[C@H](N(C)C)[C@H]2O)[C@](C)(O)C[C@@H](C)C(=O)[C@H](C)[C@@H](O)[C@]1(C)O. The van der Waals surface area contributed by atoms with Crippen LogP contribution in [0.1, 0.15) is 212 Å². The summed E-state index contributed by atoms with van der Waals surface area (Å²) in [5, 5.41) is 73.5. The molecule has 0 aliphatic carbocycles. The highest BCUT2D eigenvalue weighted by Gasteiger charge is 2.53. The van der Waals surface area contributed by atoms with Crippen molar-refractivity contribution < 1.29 is 83.3 Å². The lowest BCUT2D eigenvalue weighted by molar-refractivity contribution is -0.318. The highest BCUT2D eigenvalue weighted by molar-refractivity contribution is 5.83. The number of aliphatic hydroxyl groups excluding tert-OH is 3. The molecule has 0 aromatic carbocycles. The molecule has 0 bridgehead atoms. The molecule has 18 atom stereocenters. The van der Waals surface area contributed by atoms with E-state index in [1.54, 1.807) is 41.5 Å². The summed E-state index contributed by atoms with van der Waals surface area (Å²) in [4.78, 5) is 49.1. The van der Waals surface area contributed by atoms with Crippen LogP contribution in [0.3, 0.4) is 0 Å². The van der Waals surface area contributed by atoms with Gasteiger partial charge in [0.15, 0.2) is 12.6 Å².